The Bertz CT molecular complexity index is 657. The molecule has 0 aliphatic rings. The standard InChI is InChI=1S/C14H14Cl2N6O/c1-9(3-4-10(2)23)21-22(13-7-5-11(15)17-19-13)14-8-6-12(16)18-20-14/h5-8H,3-4H2,1-2H3. The monoisotopic (exact) mass is 352 g/mol. The van der Waals surface area contributed by atoms with Crippen molar-refractivity contribution < 1.29 is 4.79 Å². The van der Waals surface area contributed by atoms with Gasteiger partial charge in [0.05, 0.1) is 0 Å². The van der Waals surface area contributed by atoms with Gasteiger partial charge in [0.25, 0.3) is 0 Å². The summed E-state index contributed by atoms with van der Waals surface area (Å²) in [6.45, 7) is 3.36. The van der Waals surface area contributed by atoms with Gasteiger partial charge in [0.1, 0.15) is 5.78 Å². The summed E-state index contributed by atoms with van der Waals surface area (Å²) >= 11 is 11.5. The number of halogens is 2. The summed E-state index contributed by atoms with van der Waals surface area (Å²) in [6, 6.07) is 6.52. The highest BCUT2D eigenvalue weighted by Gasteiger charge is 2.13. The maximum Gasteiger partial charge on any atom is 0.178 e. The number of aromatic nitrogens is 4. The Morgan fingerprint density at radius 3 is 1.87 bits per heavy atom. The van der Waals surface area contributed by atoms with E-state index in [-0.39, 0.29) is 16.1 Å². The fraction of sp³-hybridized carbons (Fsp3) is 0.286. The Morgan fingerprint density at radius 2 is 1.48 bits per heavy atom. The first-order valence-corrected chi connectivity index (χ1v) is 7.53. The Labute approximate surface area is 143 Å². The van der Waals surface area contributed by atoms with E-state index in [1.54, 1.807) is 31.2 Å². The van der Waals surface area contributed by atoms with E-state index in [4.69, 9.17) is 23.2 Å². The molecule has 0 aliphatic heterocycles. The van der Waals surface area contributed by atoms with Crippen LogP contribution in [0.4, 0.5) is 11.6 Å². The molecule has 0 atom stereocenters. The predicted molar refractivity (Wildman–Crippen MR) is 89.2 cm³/mol. The Kier molecular flexibility index (Phi) is 5.95. The molecule has 0 radical (unpaired) electrons. The van der Waals surface area contributed by atoms with Gasteiger partial charge in [0.2, 0.25) is 0 Å². The lowest BCUT2D eigenvalue weighted by atomic mass is 10.2. The van der Waals surface area contributed by atoms with Gasteiger partial charge in [-0.05, 0) is 44.5 Å². The van der Waals surface area contributed by atoms with Gasteiger partial charge in [0, 0.05) is 12.1 Å². The summed E-state index contributed by atoms with van der Waals surface area (Å²) in [4.78, 5) is 11.1. The van der Waals surface area contributed by atoms with Crippen LogP contribution in [0.25, 0.3) is 0 Å². The van der Waals surface area contributed by atoms with Gasteiger partial charge in [0.15, 0.2) is 21.9 Å². The van der Waals surface area contributed by atoms with Gasteiger partial charge < -0.3 is 4.79 Å². The van der Waals surface area contributed by atoms with Crippen LogP contribution in [-0.2, 0) is 4.79 Å². The van der Waals surface area contributed by atoms with E-state index in [9.17, 15) is 4.79 Å². The van der Waals surface area contributed by atoms with Crippen LogP contribution in [-0.4, -0.2) is 31.9 Å². The number of hydrogen-bond donors (Lipinski definition) is 0. The van der Waals surface area contributed by atoms with Crippen LogP contribution in [0.3, 0.4) is 0 Å². The molecular weight excluding hydrogens is 339 g/mol. The summed E-state index contributed by atoms with van der Waals surface area (Å²) in [7, 11) is 0. The number of ketones is 1. The minimum atomic E-state index is 0.101. The maximum absolute atomic E-state index is 11.1. The molecular formula is C14H14Cl2N6O. The largest absolute Gasteiger partial charge is 0.300 e. The van der Waals surface area contributed by atoms with Gasteiger partial charge in [-0.25, -0.2) is 0 Å². The zero-order chi connectivity index (χ0) is 16.8. The van der Waals surface area contributed by atoms with Crippen molar-refractivity contribution in [3.63, 3.8) is 0 Å². The van der Waals surface area contributed by atoms with Crippen LogP contribution in [0.5, 0.6) is 0 Å². The van der Waals surface area contributed by atoms with Gasteiger partial charge in [-0.1, -0.05) is 23.2 Å². The number of Topliss-reactive ketones (excluding diaryl/α,β-unsaturated/α-hetero) is 1. The van der Waals surface area contributed by atoms with Crippen LogP contribution >= 0.6 is 23.2 Å². The van der Waals surface area contributed by atoms with Crippen molar-refractivity contribution in [3.8, 4) is 0 Å². The number of carbonyl (C=O) groups is 1. The molecule has 23 heavy (non-hydrogen) atoms. The predicted octanol–water partition coefficient (Wildman–Crippen LogP) is 3.46. The van der Waals surface area contributed by atoms with E-state index in [2.05, 4.69) is 25.5 Å². The smallest absolute Gasteiger partial charge is 0.178 e. The molecule has 0 saturated carbocycles. The minimum Gasteiger partial charge on any atom is -0.300 e. The Morgan fingerprint density at radius 1 is 0.957 bits per heavy atom. The first-order valence-electron chi connectivity index (χ1n) is 6.78. The highest BCUT2D eigenvalue weighted by atomic mass is 35.5. The van der Waals surface area contributed by atoms with Gasteiger partial charge in [-0.2, -0.15) is 10.1 Å². The highest BCUT2D eigenvalue weighted by molar-refractivity contribution is 6.29. The van der Waals surface area contributed by atoms with Crippen molar-refractivity contribution >= 4 is 46.3 Å². The summed E-state index contributed by atoms with van der Waals surface area (Å²) in [5.74, 6) is 0.949. The molecule has 0 bridgehead atoms. The average Bonchev–Trinajstić information content (AvgIpc) is 2.52. The van der Waals surface area contributed by atoms with Crippen molar-refractivity contribution in [2.24, 2.45) is 5.10 Å². The molecule has 0 saturated heterocycles. The second-order valence-electron chi connectivity index (χ2n) is 4.78. The molecule has 0 spiro atoms. The van der Waals surface area contributed by atoms with Gasteiger partial charge in [-0.15, -0.1) is 20.4 Å². The van der Waals surface area contributed by atoms with Crippen molar-refractivity contribution in [1.82, 2.24) is 20.4 Å². The fourth-order valence-corrected chi connectivity index (χ4v) is 1.84. The normalized spacial score (nSPS) is 11.4. The molecule has 2 aromatic heterocycles. The van der Waals surface area contributed by atoms with E-state index < -0.39 is 0 Å². The average molecular weight is 353 g/mol. The Hall–Kier alpha value is -2.12. The molecule has 0 fully saturated rings. The quantitative estimate of drug-likeness (QED) is 0.584. The van der Waals surface area contributed by atoms with Crippen LogP contribution in [0.1, 0.15) is 26.7 Å². The zero-order valence-electron chi connectivity index (χ0n) is 12.6. The second-order valence-corrected chi connectivity index (χ2v) is 5.55. The lowest BCUT2D eigenvalue weighted by Gasteiger charge is -2.17. The first-order chi connectivity index (χ1) is 11.0. The molecule has 0 aromatic carbocycles. The molecule has 0 unspecified atom stereocenters. The third kappa shape index (κ3) is 5.22. The van der Waals surface area contributed by atoms with E-state index in [1.165, 1.54) is 5.01 Å². The molecule has 120 valence electrons. The van der Waals surface area contributed by atoms with E-state index in [0.29, 0.717) is 24.5 Å². The van der Waals surface area contributed by atoms with Gasteiger partial charge in [-0.3, -0.25) is 0 Å². The van der Waals surface area contributed by atoms with Crippen LogP contribution < -0.4 is 5.01 Å². The number of hydrogen-bond acceptors (Lipinski definition) is 7. The van der Waals surface area contributed by atoms with Gasteiger partial charge >= 0.3 is 0 Å². The summed E-state index contributed by atoms with van der Waals surface area (Å²) in [6.07, 6.45) is 0.954. The van der Waals surface area contributed by atoms with Crippen molar-refractivity contribution in [1.29, 1.82) is 0 Å². The molecule has 2 aromatic rings. The van der Waals surface area contributed by atoms with Crippen molar-refractivity contribution in [2.75, 3.05) is 5.01 Å². The molecule has 0 amide bonds. The SMILES string of the molecule is CC(=O)CCC(C)=NN(c1ccc(Cl)nn1)c1ccc(Cl)nn1. The van der Waals surface area contributed by atoms with Crippen molar-refractivity contribution in [2.45, 2.75) is 26.7 Å². The fourth-order valence-electron chi connectivity index (χ4n) is 1.64. The molecule has 0 aliphatic carbocycles. The lowest BCUT2D eigenvalue weighted by Crippen LogP contribution is -2.16. The number of anilines is 2. The lowest BCUT2D eigenvalue weighted by molar-refractivity contribution is -0.116. The van der Waals surface area contributed by atoms with E-state index >= 15 is 0 Å². The Balaban J connectivity index is 2.34. The summed E-state index contributed by atoms with van der Waals surface area (Å²) < 4.78 is 0. The van der Waals surface area contributed by atoms with Crippen LogP contribution in [0.2, 0.25) is 10.3 Å². The first kappa shape index (κ1) is 17.2. The second kappa shape index (κ2) is 7.94. The van der Waals surface area contributed by atoms with E-state index in [1.807, 2.05) is 6.92 Å². The molecule has 9 heteroatoms. The number of hydrazone groups is 1. The number of nitrogens with zero attached hydrogens (tertiary/aromatic N) is 6. The third-order valence-electron chi connectivity index (χ3n) is 2.78. The molecule has 2 rings (SSSR count). The summed E-state index contributed by atoms with van der Waals surface area (Å²) in [5.41, 5.74) is 0.744. The highest BCUT2D eigenvalue weighted by Crippen LogP contribution is 2.23. The maximum atomic E-state index is 11.1. The van der Waals surface area contributed by atoms with Crippen molar-refractivity contribution in [3.05, 3.63) is 34.6 Å². The minimum absolute atomic E-state index is 0.101. The molecule has 7 nitrogen and oxygen atoms in total. The van der Waals surface area contributed by atoms with Crippen LogP contribution in [0.15, 0.2) is 29.4 Å². The topological polar surface area (TPSA) is 84.2 Å². The number of carbonyl (C=O) groups excluding carboxylic acids is 1. The number of rotatable bonds is 6. The van der Waals surface area contributed by atoms with E-state index in [0.717, 1.165) is 5.71 Å². The third-order valence-corrected chi connectivity index (χ3v) is 3.18. The molecule has 0 N–H and O–H groups in total. The zero-order valence-corrected chi connectivity index (χ0v) is 14.1. The molecule has 2 heterocycles. The van der Waals surface area contributed by atoms with Crippen LogP contribution in [0, 0.1) is 0 Å². The summed E-state index contributed by atoms with van der Waals surface area (Å²) in [5, 5.41) is 22.1.